The molecule has 0 spiro atoms. The summed E-state index contributed by atoms with van der Waals surface area (Å²) in [6.45, 7) is -0.184. The number of rotatable bonds is 6. The number of carbonyl (C=O) groups excluding carboxylic acids is 2. The van der Waals surface area contributed by atoms with Crippen molar-refractivity contribution in [1.29, 1.82) is 0 Å². The predicted molar refractivity (Wildman–Crippen MR) is 84.7 cm³/mol. The van der Waals surface area contributed by atoms with Gasteiger partial charge in [0.05, 0.1) is 42.1 Å². The summed E-state index contributed by atoms with van der Waals surface area (Å²) >= 11 is 6.03. The lowest BCUT2D eigenvalue weighted by Gasteiger charge is -2.15. The van der Waals surface area contributed by atoms with E-state index in [2.05, 4.69) is 10.1 Å². The lowest BCUT2D eigenvalue weighted by atomic mass is 10.2. The number of aliphatic hydroxyl groups excluding tert-OH is 1. The van der Waals surface area contributed by atoms with Crippen molar-refractivity contribution in [3.63, 3.8) is 0 Å². The first kappa shape index (κ1) is 17.8. The molecule has 1 amide bonds. The Labute approximate surface area is 142 Å². The summed E-state index contributed by atoms with van der Waals surface area (Å²) in [6.07, 6.45) is 0. The Kier molecular flexibility index (Phi) is 5.42. The number of ether oxygens (including phenoxy) is 1. The van der Waals surface area contributed by atoms with Gasteiger partial charge in [-0.05, 0) is 18.2 Å². The Bertz CT molecular complexity index is 731. The third-order valence-corrected chi connectivity index (χ3v) is 3.74. The average Bonchev–Trinajstić information content (AvgIpc) is 2.85. The zero-order chi connectivity index (χ0) is 17.9. The molecule has 1 aliphatic rings. The summed E-state index contributed by atoms with van der Waals surface area (Å²) in [4.78, 5) is 36.4. The van der Waals surface area contributed by atoms with Crippen molar-refractivity contribution < 1.29 is 29.3 Å². The van der Waals surface area contributed by atoms with E-state index >= 15 is 0 Å². The van der Waals surface area contributed by atoms with Crippen molar-refractivity contribution in [2.45, 2.75) is 0 Å². The molecule has 1 aliphatic heterocycles. The number of carbonyl (C=O) groups is 3. The molecule has 0 unspecified atom stereocenters. The second kappa shape index (κ2) is 7.33. The van der Waals surface area contributed by atoms with Crippen molar-refractivity contribution in [2.24, 2.45) is 0 Å². The Morgan fingerprint density at radius 2 is 2.12 bits per heavy atom. The molecule has 0 fully saturated rings. The Morgan fingerprint density at radius 1 is 1.42 bits per heavy atom. The number of anilines is 1. The maximum absolute atomic E-state index is 12.4. The average molecular weight is 355 g/mol. The molecule has 0 radical (unpaired) electrons. The van der Waals surface area contributed by atoms with Crippen LogP contribution in [0.5, 0.6) is 0 Å². The largest absolute Gasteiger partial charge is 0.478 e. The van der Waals surface area contributed by atoms with Crippen LogP contribution in [0.25, 0.3) is 0 Å². The molecular formula is C15H15ClN2O6. The predicted octanol–water partition coefficient (Wildman–Crippen LogP) is 0.712. The molecule has 2 rings (SSSR count). The number of esters is 1. The fourth-order valence-electron chi connectivity index (χ4n) is 2.23. The maximum atomic E-state index is 12.4. The van der Waals surface area contributed by atoms with Gasteiger partial charge < -0.3 is 25.2 Å². The van der Waals surface area contributed by atoms with Gasteiger partial charge in [0, 0.05) is 6.54 Å². The first-order valence-corrected chi connectivity index (χ1v) is 7.28. The van der Waals surface area contributed by atoms with Crippen molar-refractivity contribution >= 4 is 35.1 Å². The zero-order valence-electron chi connectivity index (χ0n) is 12.7. The van der Waals surface area contributed by atoms with Crippen LogP contribution in [-0.2, 0) is 14.3 Å². The number of amides is 1. The SMILES string of the molecule is COC(=O)C1=C(Nc2ccc(C(=O)O)cc2Cl)C(=O)N(CCO)C1. The Hall–Kier alpha value is -2.58. The summed E-state index contributed by atoms with van der Waals surface area (Å²) in [6, 6.07) is 3.95. The Morgan fingerprint density at radius 3 is 2.67 bits per heavy atom. The van der Waals surface area contributed by atoms with E-state index in [0.29, 0.717) is 0 Å². The number of aliphatic hydroxyl groups is 1. The molecule has 3 N–H and O–H groups in total. The van der Waals surface area contributed by atoms with Gasteiger partial charge in [-0.1, -0.05) is 11.6 Å². The van der Waals surface area contributed by atoms with Gasteiger partial charge in [0.25, 0.3) is 5.91 Å². The highest BCUT2D eigenvalue weighted by Crippen LogP contribution is 2.28. The number of aromatic carboxylic acids is 1. The smallest absolute Gasteiger partial charge is 0.337 e. The van der Waals surface area contributed by atoms with Crippen LogP contribution < -0.4 is 5.32 Å². The van der Waals surface area contributed by atoms with E-state index in [1.54, 1.807) is 0 Å². The van der Waals surface area contributed by atoms with E-state index in [-0.39, 0.29) is 47.2 Å². The topological polar surface area (TPSA) is 116 Å². The number of methoxy groups -OCH3 is 1. The van der Waals surface area contributed by atoms with Crippen LogP contribution in [0.2, 0.25) is 5.02 Å². The van der Waals surface area contributed by atoms with Crippen molar-refractivity contribution in [1.82, 2.24) is 4.90 Å². The van der Waals surface area contributed by atoms with Crippen LogP contribution in [0.1, 0.15) is 10.4 Å². The molecule has 9 heteroatoms. The third-order valence-electron chi connectivity index (χ3n) is 3.43. The fraction of sp³-hybridized carbons (Fsp3) is 0.267. The van der Waals surface area contributed by atoms with Crippen LogP contribution >= 0.6 is 11.6 Å². The van der Waals surface area contributed by atoms with Crippen LogP contribution in [0.3, 0.4) is 0 Å². The number of carboxylic acid groups (broad SMARTS) is 1. The molecule has 8 nitrogen and oxygen atoms in total. The summed E-state index contributed by atoms with van der Waals surface area (Å²) in [5, 5.41) is 20.8. The second-order valence-corrected chi connectivity index (χ2v) is 5.33. The van der Waals surface area contributed by atoms with E-state index in [4.69, 9.17) is 21.8 Å². The van der Waals surface area contributed by atoms with E-state index in [0.717, 1.165) is 0 Å². The van der Waals surface area contributed by atoms with Gasteiger partial charge in [-0.2, -0.15) is 0 Å². The number of β-amino-alcohol motifs (C(OH)–C–C–N with tert-alkyl or cyclic N) is 1. The number of nitrogens with zero attached hydrogens (tertiary/aromatic N) is 1. The molecule has 0 aromatic heterocycles. The van der Waals surface area contributed by atoms with Crippen molar-refractivity contribution in [3.05, 3.63) is 40.1 Å². The third kappa shape index (κ3) is 3.50. The standard InChI is InChI=1S/C15H15ClN2O6/c1-24-15(23)9-7-18(4-5-19)13(20)12(9)17-11-3-2-8(14(21)22)6-10(11)16/h2-3,6,17,19H,4-5,7H2,1H3,(H,21,22). The van der Waals surface area contributed by atoms with Gasteiger partial charge in [-0.3, -0.25) is 4.79 Å². The number of hydrogen-bond acceptors (Lipinski definition) is 6. The molecule has 0 atom stereocenters. The molecule has 0 saturated carbocycles. The van der Waals surface area contributed by atoms with E-state index in [9.17, 15) is 14.4 Å². The normalized spacial score (nSPS) is 14.1. The summed E-state index contributed by atoms with van der Waals surface area (Å²) < 4.78 is 4.67. The monoisotopic (exact) mass is 354 g/mol. The summed E-state index contributed by atoms with van der Waals surface area (Å²) in [7, 11) is 1.20. The van der Waals surface area contributed by atoms with Gasteiger partial charge in [0.15, 0.2) is 0 Å². The van der Waals surface area contributed by atoms with Crippen LogP contribution in [0.4, 0.5) is 5.69 Å². The van der Waals surface area contributed by atoms with Crippen molar-refractivity contribution in [3.8, 4) is 0 Å². The molecule has 128 valence electrons. The highest BCUT2D eigenvalue weighted by Gasteiger charge is 2.34. The maximum Gasteiger partial charge on any atom is 0.337 e. The summed E-state index contributed by atoms with van der Waals surface area (Å²) in [5.74, 6) is -2.30. The van der Waals surface area contributed by atoms with Crippen molar-refractivity contribution in [2.75, 3.05) is 32.1 Å². The second-order valence-electron chi connectivity index (χ2n) is 4.92. The van der Waals surface area contributed by atoms with Crippen LogP contribution in [0.15, 0.2) is 29.5 Å². The van der Waals surface area contributed by atoms with Gasteiger partial charge >= 0.3 is 11.9 Å². The van der Waals surface area contributed by atoms with Gasteiger partial charge in [-0.25, -0.2) is 9.59 Å². The molecule has 1 heterocycles. The highest BCUT2D eigenvalue weighted by molar-refractivity contribution is 6.33. The van der Waals surface area contributed by atoms with E-state index in [1.807, 2.05) is 0 Å². The first-order chi connectivity index (χ1) is 11.4. The molecular weight excluding hydrogens is 340 g/mol. The molecule has 1 aromatic carbocycles. The zero-order valence-corrected chi connectivity index (χ0v) is 13.5. The van der Waals surface area contributed by atoms with Crippen LogP contribution in [-0.4, -0.2) is 59.8 Å². The molecule has 1 aromatic rings. The highest BCUT2D eigenvalue weighted by atomic mass is 35.5. The lowest BCUT2D eigenvalue weighted by molar-refractivity contribution is -0.136. The lowest BCUT2D eigenvalue weighted by Crippen LogP contribution is -2.31. The fourth-order valence-corrected chi connectivity index (χ4v) is 2.46. The number of carboxylic acids is 1. The minimum absolute atomic E-state index is 0.000765. The first-order valence-electron chi connectivity index (χ1n) is 6.90. The molecule has 0 aliphatic carbocycles. The van der Waals surface area contributed by atoms with Crippen LogP contribution in [0, 0.1) is 0 Å². The van der Waals surface area contributed by atoms with Gasteiger partial charge in [0.2, 0.25) is 0 Å². The number of halogens is 1. The quantitative estimate of drug-likeness (QED) is 0.644. The minimum Gasteiger partial charge on any atom is -0.478 e. The minimum atomic E-state index is -1.14. The van der Waals surface area contributed by atoms with E-state index in [1.165, 1.54) is 30.2 Å². The molecule has 0 saturated heterocycles. The number of hydrogen-bond donors (Lipinski definition) is 3. The molecule has 0 bridgehead atoms. The number of nitrogens with one attached hydrogen (secondary N) is 1. The van der Waals surface area contributed by atoms with E-state index < -0.39 is 17.8 Å². The Balaban J connectivity index is 2.35. The molecule has 24 heavy (non-hydrogen) atoms. The van der Waals surface area contributed by atoms with Gasteiger partial charge in [-0.15, -0.1) is 0 Å². The van der Waals surface area contributed by atoms with Gasteiger partial charge in [0.1, 0.15) is 5.70 Å². The number of benzene rings is 1. The summed E-state index contributed by atoms with van der Waals surface area (Å²) in [5.41, 5.74) is 0.360.